The third-order valence-corrected chi connectivity index (χ3v) is 3.66. The number of halogens is 1. The van der Waals surface area contributed by atoms with Gasteiger partial charge in [0.2, 0.25) is 0 Å². The molecule has 1 heterocycles. The summed E-state index contributed by atoms with van der Waals surface area (Å²) in [6.07, 6.45) is 1.86. The number of hydrogen-bond acceptors (Lipinski definition) is 3. The first-order chi connectivity index (χ1) is 10.1. The number of aromatic nitrogens is 1. The van der Waals surface area contributed by atoms with Crippen molar-refractivity contribution in [1.82, 2.24) is 4.98 Å². The summed E-state index contributed by atoms with van der Waals surface area (Å²) in [5, 5.41) is 5.92. The monoisotopic (exact) mass is 395 g/mol. The zero-order chi connectivity index (χ0) is 15.2. The number of carbonyl (C=O) groups is 1. The van der Waals surface area contributed by atoms with E-state index in [0.29, 0.717) is 11.4 Å². The van der Waals surface area contributed by atoms with Crippen molar-refractivity contribution in [3.63, 3.8) is 0 Å². The Hall–Kier alpha value is -1.63. The normalized spacial score (nSPS) is 10.2. The summed E-state index contributed by atoms with van der Waals surface area (Å²) in [7, 11) is 1.80. The molecular formula is C16H18IN3O. The van der Waals surface area contributed by atoms with Crippen molar-refractivity contribution in [3.05, 3.63) is 51.2 Å². The molecule has 0 aliphatic rings. The lowest BCUT2D eigenvalue weighted by molar-refractivity contribution is 0.102. The molecular weight excluding hydrogens is 377 g/mol. The van der Waals surface area contributed by atoms with Crippen LogP contribution in [0.2, 0.25) is 0 Å². The molecule has 110 valence electrons. The number of anilines is 2. The second-order valence-corrected chi connectivity index (χ2v) is 5.94. The number of benzene rings is 1. The lowest BCUT2D eigenvalue weighted by atomic mass is 10.1. The van der Waals surface area contributed by atoms with Crippen LogP contribution >= 0.6 is 22.6 Å². The Morgan fingerprint density at radius 2 is 2.10 bits per heavy atom. The summed E-state index contributed by atoms with van der Waals surface area (Å²) in [4.78, 5) is 16.8. The number of nitrogens with zero attached hydrogens (tertiary/aromatic N) is 1. The summed E-state index contributed by atoms with van der Waals surface area (Å²) in [6, 6.07) is 11.3. The molecule has 0 radical (unpaired) electrons. The summed E-state index contributed by atoms with van der Waals surface area (Å²) < 4.78 is 1.09. The fraction of sp³-hybridized carbons (Fsp3) is 0.250. The van der Waals surface area contributed by atoms with Gasteiger partial charge < -0.3 is 10.6 Å². The lowest BCUT2D eigenvalue weighted by Crippen LogP contribution is -2.13. The van der Waals surface area contributed by atoms with Crippen molar-refractivity contribution in [3.8, 4) is 0 Å². The molecule has 0 spiro atoms. The molecule has 1 aromatic carbocycles. The van der Waals surface area contributed by atoms with Gasteiger partial charge in [0.1, 0.15) is 5.82 Å². The fourth-order valence-corrected chi connectivity index (χ4v) is 2.54. The number of amides is 1. The van der Waals surface area contributed by atoms with E-state index in [1.165, 1.54) is 0 Å². The van der Waals surface area contributed by atoms with Crippen molar-refractivity contribution >= 4 is 40.0 Å². The highest BCUT2D eigenvalue weighted by Crippen LogP contribution is 2.16. The van der Waals surface area contributed by atoms with Gasteiger partial charge in [-0.1, -0.05) is 19.4 Å². The molecule has 1 amide bonds. The van der Waals surface area contributed by atoms with Crippen LogP contribution in [0.5, 0.6) is 0 Å². The fourth-order valence-electron chi connectivity index (χ4n) is 2.00. The van der Waals surface area contributed by atoms with Crippen LogP contribution in [0.15, 0.2) is 36.4 Å². The lowest BCUT2D eigenvalue weighted by Gasteiger charge is -2.09. The van der Waals surface area contributed by atoms with E-state index < -0.39 is 0 Å². The molecule has 21 heavy (non-hydrogen) atoms. The predicted octanol–water partition coefficient (Wildman–Crippen LogP) is 3.93. The van der Waals surface area contributed by atoms with Gasteiger partial charge in [0.05, 0.1) is 0 Å². The average Bonchev–Trinajstić information content (AvgIpc) is 2.47. The number of rotatable bonds is 5. The quantitative estimate of drug-likeness (QED) is 0.755. The van der Waals surface area contributed by atoms with Gasteiger partial charge in [0, 0.05) is 27.6 Å². The molecule has 0 saturated carbocycles. The Bertz CT molecular complexity index is 643. The number of aryl methyl sites for hydroxylation is 1. The minimum atomic E-state index is -0.117. The molecule has 0 atom stereocenters. The van der Waals surface area contributed by atoms with Gasteiger partial charge in [-0.2, -0.15) is 0 Å². The zero-order valence-corrected chi connectivity index (χ0v) is 14.3. The Labute approximate surface area is 138 Å². The average molecular weight is 395 g/mol. The van der Waals surface area contributed by atoms with Gasteiger partial charge in [-0.15, -0.1) is 0 Å². The molecule has 0 unspecified atom stereocenters. The van der Waals surface area contributed by atoms with Gasteiger partial charge in [-0.25, -0.2) is 4.98 Å². The highest BCUT2D eigenvalue weighted by molar-refractivity contribution is 14.1. The molecule has 0 saturated heterocycles. The summed E-state index contributed by atoms with van der Waals surface area (Å²) in [5.41, 5.74) is 2.35. The largest absolute Gasteiger partial charge is 0.373 e. The van der Waals surface area contributed by atoms with Crippen LogP contribution in [0.25, 0.3) is 0 Å². The topological polar surface area (TPSA) is 54.0 Å². The number of nitrogens with one attached hydrogen (secondary N) is 2. The van der Waals surface area contributed by atoms with E-state index in [9.17, 15) is 4.79 Å². The Kier molecular flexibility index (Phi) is 5.55. The van der Waals surface area contributed by atoms with E-state index in [1.807, 2.05) is 30.3 Å². The molecule has 0 aliphatic carbocycles. The summed E-state index contributed by atoms with van der Waals surface area (Å²) in [6.45, 7) is 2.10. The van der Waals surface area contributed by atoms with Crippen LogP contribution in [0.1, 0.15) is 29.4 Å². The first-order valence-corrected chi connectivity index (χ1v) is 7.96. The number of hydrogen-bond donors (Lipinski definition) is 2. The molecule has 0 bridgehead atoms. The van der Waals surface area contributed by atoms with Gasteiger partial charge in [0.25, 0.3) is 5.91 Å². The van der Waals surface area contributed by atoms with Crippen LogP contribution in [0, 0.1) is 3.57 Å². The Balaban J connectivity index is 2.23. The summed E-state index contributed by atoms with van der Waals surface area (Å²) in [5.74, 6) is 0.599. The molecule has 2 rings (SSSR count). The zero-order valence-electron chi connectivity index (χ0n) is 12.1. The second-order valence-electron chi connectivity index (χ2n) is 4.70. The van der Waals surface area contributed by atoms with E-state index >= 15 is 0 Å². The predicted molar refractivity (Wildman–Crippen MR) is 94.9 cm³/mol. The molecule has 5 heteroatoms. The van der Waals surface area contributed by atoms with Crippen molar-refractivity contribution in [2.24, 2.45) is 0 Å². The first kappa shape index (κ1) is 15.8. The van der Waals surface area contributed by atoms with Crippen LogP contribution < -0.4 is 10.6 Å². The minimum Gasteiger partial charge on any atom is -0.373 e. The minimum absolute atomic E-state index is 0.117. The van der Waals surface area contributed by atoms with E-state index in [4.69, 9.17) is 0 Å². The third-order valence-electron chi connectivity index (χ3n) is 2.99. The molecule has 1 aromatic heterocycles. The molecule has 0 aliphatic heterocycles. The van der Waals surface area contributed by atoms with Crippen LogP contribution in [-0.4, -0.2) is 17.9 Å². The summed E-state index contributed by atoms with van der Waals surface area (Å²) >= 11 is 2.22. The Morgan fingerprint density at radius 1 is 1.29 bits per heavy atom. The van der Waals surface area contributed by atoms with E-state index in [-0.39, 0.29) is 5.91 Å². The van der Waals surface area contributed by atoms with E-state index in [0.717, 1.165) is 27.8 Å². The molecule has 2 N–H and O–H groups in total. The van der Waals surface area contributed by atoms with Crippen LogP contribution in [-0.2, 0) is 6.42 Å². The van der Waals surface area contributed by atoms with E-state index in [1.54, 1.807) is 13.1 Å². The number of carbonyl (C=O) groups excluding carboxylic acids is 1. The molecule has 2 aromatic rings. The van der Waals surface area contributed by atoms with E-state index in [2.05, 4.69) is 45.1 Å². The van der Waals surface area contributed by atoms with Gasteiger partial charge >= 0.3 is 0 Å². The maximum Gasteiger partial charge on any atom is 0.255 e. The van der Waals surface area contributed by atoms with Gasteiger partial charge in [-0.3, -0.25) is 4.79 Å². The Morgan fingerprint density at radius 3 is 2.76 bits per heavy atom. The van der Waals surface area contributed by atoms with Crippen molar-refractivity contribution in [2.45, 2.75) is 19.8 Å². The maximum absolute atomic E-state index is 12.4. The second kappa shape index (κ2) is 7.40. The number of pyridine rings is 1. The van der Waals surface area contributed by atoms with Gasteiger partial charge in [0.15, 0.2) is 0 Å². The molecule has 0 fully saturated rings. The third kappa shape index (κ3) is 4.42. The standard InChI is InChI=1S/C16H18IN3O/c1-3-5-13-8-11(9-15(18-2)19-13)16(21)20-14-7-4-6-12(17)10-14/h4,6-10H,3,5H2,1-2H3,(H,18,19)(H,20,21). The highest BCUT2D eigenvalue weighted by Gasteiger charge is 2.10. The maximum atomic E-state index is 12.4. The van der Waals surface area contributed by atoms with Crippen LogP contribution in [0.4, 0.5) is 11.5 Å². The SMILES string of the molecule is CCCc1cc(C(=O)Nc2cccc(I)c2)cc(NC)n1. The molecule has 4 nitrogen and oxygen atoms in total. The van der Waals surface area contributed by atoms with Crippen molar-refractivity contribution in [1.29, 1.82) is 0 Å². The van der Waals surface area contributed by atoms with Gasteiger partial charge in [-0.05, 0) is 59.3 Å². The van der Waals surface area contributed by atoms with Crippen LogP contribution in [0.3, 0.4) is 0 Å². The highest BCUT2D eigenvalue weighted by atomic mass is 127. The first-order valence-electron chi connectivity index (χ1n) is 6.88. The van der Waals surface area contributed by atoms with Crippen molar-refractivity contribution in [2.75, 3.05) is 17.7 Å². The smallest absolute Gasteiger partial charge is 0.255 e. The van der Waals surface area contributed by atoms with Crippen molar-refractivity contribution < 1.29 is 4.79 Å².